The summed E-state index contributed by atoms with van der Waals surface area (Å²) in [4.78, 5) is 24.9. The molecule has 30 heavy (non-hydrogen) atoms. The Balaban J connectivity index is 1.84. The maximum absolute atomic E-state index is 13.2. The van der Waals surface area contributed by atoms with E-state index in [0.717, 1.165) is 0 Å². The van der Waals surface area contributed by atoms with Crippen molar-refractivity contribution in [1.82, 2.24) is 0 Å². The van der Waals surface area contributed by atoms with Crippen LogP contribution in [0.5, 0.6) is 23.2 Å². The summed E-state index contributed by atoms with van der Waals surface area (Å²) in [6, 6.07) is 21.0. The van der Waals surface area contributed by atoms with Gasteiger partial charge in [0, 0.05) is 13.0 Å². The van der Waals surface area contributed by atoms with Crippen LogP contribution in [0.2, 0.25) is 0 Å². The van der Waals surface area contributed by atoms with Crippen LogP contribution in [0.3, 0.4) is 0 Å². The summed E-state index contributed by atoms with van der Waals surface area (Å²) < 4.78 is 22.0. The van der Waals surface area contributed by atoms with E-state index in [-0.39, 0.29) is 22.5 Å². The van der Waals surface area contributed by atoms with Gasteiger partial charge in [-0.3, -0.25) is 9.59 Å². The molecule has 0 aliphatic heterocycles. The van der Waals surface area contributed by atoms with Crippen LogP contribution < -0.4 is 19.6 Å². The zero-order valence-corrected chi connectivity index (χ0v) is 16.4. The molecule has 150 valence electrons. The molecule has 0 saturated heterocycles. The Morgan fingerprint density at radius 2 is 1.57 bits per heavy atom. The Bertz CT molecular complexity index is 1260. The van der Waals surface area contributed by atoms with Gasteiger partial charge in [-0.1, -0.05) is 30.3 Å². The molecular formula is C24H18O6. The minimum absolute atomic E-state index is 0.164. The molecule has 0 aliphatic carbocycles. The number of carbonyl (C=O) groups is 1. The Labute approximate surface area is 172 Å². The van der Waals surface area contributed by atoms with E-state index in [1.165, 1.54) is 6.92 Å². The van der Waals surface area contributed by atoms with Gasteiger partial charge in [-0.2, -0.15) is 0 Å². The van der Waals surface area contributed by atoms with E-state index < -0.39 is 5.97 Å². The molecule has 0 bridgehead atoms. The summed E-state index contributed by atoms with van der Waals surface area (Å²) in [5.74, 6) is 1.02. The van der Waals surface area contributed by atoms with E-state index in [1.807, 2.05) is 30.3 Å². The molecular weight excluding hydrogens is 384 g/mol. The Morgan fingerprint density at radius 1 is 0.867 bits per heavy atom. The first kappa shape index (κ1) is 19.3. The minimum atomic E-state index is -0.594. The fourth-order valence-electron chi connectivity index (χ4n) is 3.05. The number of fused-ring (bicyclic) bond motifs is 1. The van der Waals surface area contributed by atoms with Gasteiger partial charge in [-0.25, -0.2) is 0 Å². The normalized spacial score (nSPS) is 10.6. The number of ether oxygens (including phenoxy) is 3. The van der Waals surface area contributed by atoms with Gasteiger partial charge in [0.05, 0.1) is 12.5 Å². The number of rotatable bonds is 5. The maximum atomic E-state index is 13.2. The van der Waals surface area contributed by atoms with Crippen molar-refractivity contribution in [2.45, 2.75) is 6.92 Å². The van der Waals surface area contributed by atoms with Crippen molar-refractivity contribution < 1.29 is 23.4 Å². The lowest BCUT2D eigenvalue weighted by molar-refractivity contribution is -0.133. The predicted molar refractivity (Wildman–Crippen MR) is 112 cm³/mol. The molecule has 0 spiro atoms. The van der Waals surface area contributed by atoms with Gasteiger partial charge in [-0.05, 0) is 42.0 Å². The molecule has 0 fully saturated rings. The largest absolute Gasteiger partial charge is 0.497 e. The minimum Gasteiger partial charge on any atom is -0.497 e. The molecule has 0 aliphatic rings. The maximum Gasteiger partial charge on any atom is 0.310 e. The van der Waals surface area contributed by atoms with Crippen molar-refractivity contribution in [1.29, 1.82) is 0 Å². The van der Waals surface area contributed by atoms with Crippen LogP contribution in [0.4, 0.5) is 0 Å². The molecule has 0 saturated carbocycles. The van der Waals surface area contributed by atoms with E-state index in [1.54, 1.807) is 49.6 Å². The molecule has 0 unspecified atom stereocenters. The Morgan fingerprint density at radius 3 is 2.23 bits per heavy atom. The summed E-state index contributed by atoms with van der Waals surface area (Å²) in [5.41, 5.74) is 0.648. The first-order valence-electron chi connectivity index (χ1n) is 9.22. The standard InChI is InChI=1S/C24H18O6/c1-15(25)28-24-22(16-8-10-17(27-2)11-9-16)23(26)20-13-12-19(14-21(20)30-24)29-18-6-4-3-5-7-18/h3-14H,1-2H3. The first-order chi connectivity index (χ1) is 14.5. The number of carbonyl (C=O) groups excluding carboxylic acids is 1. The summed E-state index contributed by atoms with van der Waals surface area (Å²) in [6.07, 6.45) is 0. The fourth-order valence-corrected chi connectivity index (χ4v) is 3.05. The second kappa shape index (κ2) is 8.13. The van der Waals surface area contributed by atoms with Crippen molar-refractivity contribution in [2.75, 3.05) is 7.11 Å². The second-order valence-electron chi connectivity index (χ2n) is 6.49. The lowest BCUT2D eigenvalue weighted by atomic mass is 10.0. The molecule has 1 heterocycles. The Kier molecular flexibility index (Phi) is 5.22. The van der Waals surface area contributed by atoms with Crippen molar-refractivity contribution in [2.24, 2.45) is 0 Å². The van der Waals surface area contributed by atoms with E-state index >= 15 is 0 Å². The monoisotopic (exact) mass is 402 g/mol. The molecule has 6 nitrogen and oxygen atoms in total. The van der Waals surface area contributed by atoms with Crippen molar-refractivity contribution in [3.8, 4) is 34.3 Å². The second-order valence-corrected chi connectivity index (χ2v) is 6.49. The SMILES string of the molecule is COc1ccc(-c2c(OC(C)=O)oc3cc(Oc4ccccc4)ccc3c2=O)cc1. The molecule has 0 atom stereocenters. The summed E-state index contributed by atoms with van der Waals surface area (Å²) in [7, 11) is 1.55. The van der Waals surface area contributed by atoms with Crippen LogP contribution in [0.1, 0.15) is 6.92 Å². The fraction of sp³-hybridized carbons (Fsp3) is 0.0833. The van der Waals surface area contributed by atoms with Gasteiger partial charge in [0.15, 0.2) is 0 Å². The van der Waals surface area contributed by atoms with Crippen LogP contribution in [0.15, 0.2) is 82.0 Å². The van der Waals surface area contributed by atoms with E-state index in [0.29, 0.717) is 28.2 Å². The highest BCUT2D eigenvalue weighted by Gasteiger charge is 2.20. The van der Waals surface area contributed by atoms with Crippen LogP contribution in [-0.2, 0) is 4.79 Å². The van der Waals surface area contributed by atoms with Crippen LogP contribution in [-0.4, -0.2) is 13.1 Å². The summed E-state index contributed by atoms with van der Waals surface area (Å²) in [6.45, 7) is 1.25. The molecule has 4 aromatic rings. The van der Waals surface area contributed by atoms with E-state index in [2.05, 4.69) is 0 Å². The highest BCUT2D eigenvalue weighted by molar-refractivity contribution is 5.86. The number of benzene rings is 3. The number of hydrogen-bond donors (Lipinski definition) is 0. The highest BCUT2D eigenvalue weighted by atomic mass is 16.6. The molecule has 3 aromatic carbocycles. The number of para-hydroxylation sites is 1. The van der Waals surface area contributed by atoms with Gasteiger partial charge in [0.2, 0.25) is 5.43 Å². The average molecular weight is 402 g/mol. The van der Waals surface area contributed by atoms with Crippen molar-refractivity contribution >= 4 is 16.9 Å². The van der Waals surface area contributed by atoms with Crippen molar-refractivity contribution in [3.63, 3.8) is 0 Å². The lowest BCUT2D eigenvalue weighted by Gasteiger charge is -2.11. The number of methoxy groups -OCH3 is 1. The average Bonchev–Trinajstić information content (AvgIpc) is 2.74. The smallest absolute Gasteiger partial charge is 0.310 e. The van der Waals surface area contributed by atoms with Gasteiger partial charge in [-0.15, -0.1) is 0 Å². The zero-order valence-electron chi connectivity index (χ0n) is 16.4. The zero-order chi connectivity index (χ0) is 21.1. The summed E-state index contributed by atoms with van der Waals surface area (Å²) >= 11 is 0. The summed E-state index contributed by atoms with van der Waals surface area (Å²) in [5, 5.41) is 0.345. The third kappa shape index (κ3) is 3.89. The molecule has 0 N–H and O–H groups in total. The van der Waals surface area contributed by atoms with Crippen molar-refractivity contribution in [3.05, 3.63) is 83.0 Å². The number of hydrogen-bond acceptors (Lipinski definition) is 6. The topological polar surface area (TPSA) is 75.0 Å². The molecule has 0 radical (unpaired) electrons. The molecule has 4 rings (SSSR count). The molecule has 1 aromatic heterocycles. The van der Waals surface area contributed by atoms with Gasteiger partial charge in [0.1, 0.15) is 28.4 Å². The third-order valence-corrected chi connectivity index (χ3v) is 4.43. The molecule has 6 heteroatoms. The quantitative estimate of drug-likeness (QED) is 0.428. The van der Waals surface area contributed by atoms with E-state index in [4.69, 9.17) is 18.6 Å². The Hall–Kier alpha value is -4.06. The van der Waals surface area contributed by atoms with Gasteiger partial charge >= 0.3 is 11.9 Å². The first-order valence-corrected chi connectivity index (χ1v) is 9.22. The third-order valence-electron chi connectivity index (χ3n) is 4.43. The predicted octanol–water partition coefficient (Wildman–Crippen LogP) is 5.19. The number of esters is 1. The van der Waals surface area contributed by atoms with Gasteiger partial charge in [0.25, 0.3) is 0 Å². The van der Waals surface area contributed by atoms with Crippen LogP contribution in [0.25, 0.3) is 22.1 Å². The van der Waals surface area contributed by atoms with Gasteiger partial charge < -0.3 is 18.6 Å². The van der Waals surface area contributed by atoms with Crippen LogP contribution in [0, 0.1) is 0 Å². The lowest BCUT2D eigenvalue weighted by Crippen LogP contribution is -2.11. The molecule has 0 amide bonds. The highest BCUT2D eigenvalue weighted by Crippen LogP contribution is 2.33. The van der Waals surface area contributed by atoms with Crippen LogP contribution >= 0.6 is 0 Å². The van der Waals surface area contributed by atoms with E-state index in [9.17, 15) is 9.59 Å².